The maximum Gasteiger partial charge on any atom is 0.410 e. The van der Waals surface area contributed by atoms with Crippen LogP contribution < -0.4 is 4.90 Å². The lowest BCUT2D eigenvalue weighted by atomic mass is 10.1. The Balaban J connectivity index is 1.62. The van der Waals surface area contributed by atoms with Crippen molar-refractivity contribution in [3.63, 3.8) is 0 Å². The number of fused-ring (bicyclic) bond motifs is 3. The topological polar surface area (TPSA) is 71.5 Å². The van der Waals surface area contributed by atoms with Crippen LogP contribution in [0.3, 0.4) is 0 Å². The fourth-order valence-corrected chi connectivity index (χ4v) is 4.18. The monoisotopic (exact) mass is 409 g/mol. The highest BCUT2D eigenvalue weighted by atomic mass is 35.5. The van der Waals surface area contributed by atoms with Crippen LogP contribution in [-0.4, -0.2) is 56.7 Å². The van der Waals surface area contributed by atoms with Gasteiger partial charge in [-0.25, -0.2) is 9.78 Å². The molecule has 2 fully saturated rings. The molecular formula is C18H21Cl2N5O2. The second kappa shape index (κ2) is 6.63. The summed E-state index contributed by atoms with van der Waals surface area (Å²) in [6, 6.07) is 3.75. The first-order valence-corrected chi connectivity index (χ1v) is 9.73. The zero-order valence-corrected chi connectivity index (χ0v) is 17.0. The molecule has 0 spiro atoms. The van der Waals surface area contributed by atoms with E-state index in [1.165, 1.54) is 0 Å². The molecule has 2 aliphatic rings. The number of halogens is 2. The summed E-state index contributed by atoms with van der Waals surface area (Å²) in [5.41, 5.74) is -0.0333. The van der Waals surface area contributed by atoms with Crippen LogP contribution in [0, 0.1) is 0 Å². The molecule has 0 unspecified atom stereocenters. The minimum atomic E-state index is -0.505. The molecule has 1 amide bonds. The minimum Gasteiger partial charge on any atom is -0.444 e. The van der Waals surface area contributed by atoms with Gasteiger partial charge in [-0.2, -0.15) is 9.97 Å². The number of carbonyl (C=O) groups is 1. The standard InChI is InChI=1S/C18H21Cl2N5O2/c1-18(2,3)27-17(26)25-10-4-5-11(25)9-24(8-10)15-12-6-7-13(19)21-14(12)22-16(20)23-15/h6-7,10-11H,4-5,8-9H2,1-3H3/t10-,11+. The van der Waals surface area contributed by atoms with Gasteiger partial charge in [0, 0.05) is 13.1 Å². The van der Waals surface area contributed by atoms with Gasteiger partial charge in [-0.15, -0.1) is 0 Å². The van der Waals surface area contributed by atoms with Crippen LogP contribution >= 0.6 is 23.2 Å². The molecule has 2 aliphatic heterocycles. The molecule has 7 nitrogen and oxygen atoms in total. The first-order chi connectivity index (χ1) is 12.7. The van der Waals surface area contributed by atoms with Gasteiger partial charge in [0.25, 0.3) is 0 Å². The first-order valence-electron chi connectivity index (χ1n) is 8.97. The van der Waals surface area contributed by atoms with Crippen LogP contribution in [-0.2, 0) is 4.74 Å². The maximum absolute atomic E-state index is 12.6. The van der Waals surface area contributed by atoms with Gasteiger partial charge in [-0.3, -0.25) is 4.90 Å². The quantitative estimate of drug-likeness (QED) is 0.524. The van der Waals surface area contributed by atoms with Gasteiger partial charge < -0.3 is 9.64 Å². The zero-order valence-electron chi connectivity index (χ0n) is 15.4. The Morgan fingerprint density at radius 1 is 1.11 bits per heavy atom. The van der Waals surface area contributed by atoms with Crippen LogP contribution in [0.15, 0.2) is 12.1 Å². The van der Waals surface area contributed by atoms with Crippen molar-refractivity contribution < 1.29 is 9.53 Å². The van der Waals surface area contributed by atoms with E-state index >= 15 is 0 Å². The maximum atomic E-state index is 12.6. The van der Waals surface area contributed by atoms with E-state index in [-0.39, 0.29) is 23.5 Å². The second-order valence-electron chi connectivity index (χ2n) is 8.00. The summed E-state index contributed by atoms with van der Waals surface area (Å²) in [7, 11) is 0. The molecule has 2 aromatic heterocycles. The van der Waals surface area contributed by atoms with Gasteiger partial charge in [-0.1, -0.05) is 11.6 Å². The summed E-state index contributed by atoms with van der Waals surface area (Å²) in [6.07, 6.45) is 1.65. The fraction of sp³-hybridized carbons (Fsp3) is 0.556. The number of carbonyl (C=O) groups excluding carboxylic acids is 1. The summed E-state index contributed by atoms with van der Waals surface area (Å²) in [5.74, 6) is 0.731. The number of amides is 1. The van der Waals surface area contributed by atoms with Crippen LogP contribution in [0.1, 0.15) is 33.6 Å². The van der Waals surface area contributed by atoms with E-state index in [1.54, 1.807) is 6.07 Å². The number of anilines is 1. The predicted molar refractivity (Wildman–Crippen MR) is 104 cm³/mol. The molecule has 0 aromatic carbocycles. The number of aromatic nitrogens is 3. The van der Waals surface area contributed by atoms with Gasteiger partial charge in [-0.05, 0) is 57.3 Å². The van der Waals surface area contributed by atoms with E-state index in [0.717, 1.165) is 24.0 Å². The van der Waals surface area contributed by atoms with Gasteiger partial charge in [0.15, 0.2) is 5.65 Å². The molecule has 9 heteroatoms. The summed E-state index contributed by atoms with van der Waals surface area (Å²) in [6.45, 7) is 6.99. The highest BCUT2D eigenvalue weighted by Gasteiger charge is 2.44. The molecule has 4 heterocycles. The third-order valence-corrected chi connectivity index (χ3v) is 5.24. The van der Waals surface area contributed by atoms with Crippen LogP contribution in [0.5, 0.6) is 0 Å². The largest absolute Gasteiger partial charge is 0.444 e. The van der Waals surface area contributed by atoms with E-state index in [9.17, 15) is 4.79 Å². The summed E-state index contributed by atoms with van der Waals surface area (Å²) < 4.78 is 5.60. The molecular weight excluding hydrogens is 389 g/mol. The van der Waals surface area contributed by atoms with Crippen molar-refractivity contribution in [2.45, 2.75) is 51.3 Å². The number of hydrogen-bond acceptors (Lipinski definition) is 6. The average molecular weight is 410 g/mol. The van der Waals surface area contributed by atoms with Crippen molar-refractivity contribution >= 4 is 46.1 Å². The van der Waals surface area contributed by atoms with Crippen molar-refractivity contribution in [2.75, 3.05) is 18.0 Å². The van der Waals surface area contributed by atoms with Crippen molar-refractivity contribution in [1.29, 1.82) is 0 Å². The van der Waals surface area contributed by atoms with E-state index in [1.807, 2.05) is 31.7 Å². The van der Waals surface area contributed by atoms with E-state index in [0.29, 0.717) is 23.9 Å². The smallest absolute Gasteiger partial charge is 0.410 e. The van der Waals surface area contributed by atoms with E-state index < -0.39 is 5.60 Å². The molecule has 2 saturated heterocycles. The second-order valence-corrected chi connectivity index (χ2v) is 8.72. The molecule has 4 rings (SSSR count). The summed E-state index contributed by atoms with van der Waals surface area (Å²) >= 11 is 12.1. The zero-order chi connectivity index (χ0) is 19.3. The van der Waals surface area contributed by atoms with Gasteiger partial charge in [0.05, 0.1) is 17.5 Å². The Bertz CT molecular complexity index is 882. The van der Waals surface area contributed by atoms with Gasteiger partial charge >= 0.3 is 6.09 Å². The minimum absolute atomic E-state index is 0.0858. The van der Waals surface area contributed by atoms with Crippen molar-refractivity contribution in [2.24, 2.45) is 0 Å². The Kier molecular flexibility index (Phi) is 4.55. The van der Waals surface area contributed by atoms with Crippen molar-refractivity contribution in [3.05, 3.63) is 22.6 Å². The summed E-state index contributed by atoms with van der Waals surface area (Å²) in [4.78, 5) is 29.6. The molecule has 0 saturated carbocycles. The van der Waals surface area contributed by atoms with Gasteiger partial charge in [0.2, 0.25) is 5.28 Å². The molecule has 0 N–H and O–H groups in total. The number of nitrogens with zero attached hydrogens (tertiary/aromatic N) is 5. The molecule has 144 valence electrons. The number of rotatable bonds is 1. The number of piperazine rings is 1. The lowest BCUT2D eigenvalue weighted by molar-refractivity contribution is 0.0123. The van der Waals surface area contributed by atoms with Gasteiger partial charge in [0.1, 0.15) is 16.6 Å². The third kappa shape index (κ3) is 3.62. The number of ether oxygens (including phenoxy) is 1. The predicted octanol–water partition coefficient (Wildman–Crippen LogP) is 3.92. The van der Waals surface area contributed by atoms with Crippen LogP contribution in [0.25, 0.3) is 11.0 Å². The highest BCUT2D eigenvalue weighted by molar-refractivity contribution is 6.30. The Morgan fingerprint density at radius 2 is 1.78 bits per heavy atom. The molecule has 27 heavy (non-hydrogen) atoms. The van der Waals surface area contributed by atoms with Crippen molar-refractivity contribution in [3.8, 4) is 0 Å². The normalized spacial score (nSPS) is 22.4. The summed E-state index contributed by atoms with van der Waals surface area (Å²) in [5, 5.41) is 1.29. The van der Waals surface area contributed by atoms with Crippen LogP contribution in [0.4, 0.5) is 10.6 Å². The number of hydrogen-bond donors (Lipinski definition) is 0. The fourth-order valence-electron chi connectivity index (χ4n) is 3.87. The lowest BCUT2D eigenvalue weighted by Crippen LogP contribution is -2.57. The molecule has 2 aromatic rings. The third-order valence-electron chi connectivity index (χ3n) is 4.86. The Labute approximate surface area is 167 Å². The van der Waals surface area contributed by atoms with E-state index in [2.05, 4.69) is 19.9 Å². The van der Waals surface area contributed by atoms with E-state index in [4.69, 9.17) is 27.9 Å². The lowest BCUT2D eigenvalue weighted by Gasteiger charge is -2.42. The average Bonchev–Trinajstić information content (AvgIpc) is 2.82. The molecule has 2 atom stereocenters. The molecule has 0 radical (unpaired) electrons. The molecule has 0 aliphatic carbocycles. The SMILES string of the molecule is CC(C)(C)OC(=O)N1[C@@H]2CC[C@H]1CN(c1nc(Cl)nc3nc(Cl)ccc13)C2. The Morgan fingerprint density at radius 3 is 2.41 bits per heavy atom. The Hall–Kier alpha value is -1.86. The molecule has 2 bridgehead atoms. The first kappa shape index (κ1) is 18.5. The van der Waals surface area contributed by atoms with Crippen molar-refractivity contribution in [1.82, 2.24) is 19.9 Å². The number of pyridine rings is 1. The highest BCUT2D eigenvalue weighted by Crippen LogP contribution is 2.35. The van der Waals surface area contributed by atoms with Crippen LogP contribution in [0.2, 0.25) is 10.4 Å².